The Hall–Kier alpha value is -1.62. The number of hydrogen-bond acceptors (Lipinski definition) is 3. The third-order valence-electron chi connectivity index (χ3n) is 3.64. The van der Waals surface area contributed by atoms with Gasteiger partial charge in [-0.15, -0.1) is 0 Å². The number of amides is 1. The Bertz CT molecular complexity index is 493. The predicted octanol–water partition coefficient (Wildman–Crippen LogP) is 1.59. The first-order chi connectivity index (χ1) is 9.51. The van der Waals surface area contributed by atoms with Crippen molar-refractivity contribution >= 4 is 5.91 Å². The second kappa shape index (κ2) is 6.22. The molecule has 1 N–H and O–H groups in total. The van der Waals surface area contributed by atoms with Gasteiger partial charge in [0.1, 0.15) is 17.7 Å². The lowest BCUT2D eigenvalue weighted by atomic mass is 10.1. The maximum atomic E-state index is 13.1. The number of hydrogen-bond donors (Lipinski definition) is 1. The van der Waals surface area contributed by atoms with Crippen LogP contribution in [0.1, 0.15) is 19.4 Å². The largest absolute Gasteiger partial charge is 0.488 e. The van der Waals surface area contributed by atoms with Gasteiger partial charge in [0.05, 0.1) is 6.04 Å². The summed E-state index contributed by atoms with van der Waals surface area (Å²) in [5.74, 6) is 0.561. The summed E-state index contributed by atoms with van der Waals surface area (Å²) >= 11 is 0. The molecule has 1 heterocycles. The summed E-state index contributed by atoms with van der Waals surface area (Å²) in [7, 11) is 1.78. The van der Waals surface area contributed by atoms with Crippen molar-refractivity contribution in [2.24, 2.45) is 0 Å². The lowest BCUT2D eigenvalue weighted by Crippen LogP contribution is -2.46. The number of fused-ring (bicyclic) bond motifs is 1. The van der Waals surface area contributed by atoms with Gasteiger partial charge in [0.25, 0.3) is 0 Å². The number of halogens is 1. The van der Waals surface area contributed by atoms with Crippen LogP contribution in [-0.4, -0.2) is 43.1 Å². The lowest BCUT2D eigenvalue weighted by molar-refractivity contribution is -0.131. The van der Waals surface area contributed by atoms with E-state index in [-0.39, 0.29) is 23.9 Å². The molecule has 0 aromatic heterocycles. The topological polar surface area (TPSA) is 41.6 Å². The van der Waals surface area contributed by atoms with Gasteiger partial charge in [0.2, 0.25) is 5.91 Å². The van der Waals surface area contributed by atoms with E-state index in [1.54, 1.807) is 18.0 Å². The maximum Gasteiger partial charge on any atom is 0.239 e. The second-order valence-corrected chi connectivity index (χ2v) is 5.18. The van der Waals surface area contributed by atoms with E-state index in [1.807, 2.05) is 13.8 Å². The van der Waals surface area contributed by atoms with E-state index in [0.717, 1.165) is 11.3 Å². The van der Waals surface area contributed by atoms with E-state index < -0.39 is 0 Å². The molecular weight excluding hydrogens is 259 g/mol. The molecular formula is C15H21FN2O2. The van der Waals surface area contributed by atoms with Crippen LogP contribution in [-0.2, 0) is 11.2 Å². The fraction of sp³-hybridized carbons (Fsp3) is 0.533. The highest BCUT2D eigenvalue weighted by Gasteiger charge is 2.24. The summed E-state index contributed by atoms with van der Waals surface area (Å²) in [6.45, 7) is 5.04. The average molecular weight is 280 g/mol. The van der Waals surface area contributed by atoms with Gasteiger partial charge >= 0.3 is 0 Å². The summed E-state index contributed by atoms with van der Waals surface area (Å²) in [6.07, 6.45) is 0.624. The van der Waals surface area contributed by atoms with Crippen LogP contribution in [0.2, 0.25) is 0 Å². The van der Waals surface area contributed by atoms with E-state index >= 15 is 0 Å². The van der Waals surface area contributed by atoms with Crippen LogP contribution < -0.4 is 10.1 Å². The van der Waals surface area contributed by atoms with Gasteiger partial charge in [-0.1, -0.05) is 0 Å². The molecule has 1 aromatic rings. The van der Waals surface area contributed by atoms with E-state index in [2.05, 4.69) is 5.32 Å². The Labute approximate surface area is 118 Å². The Morgan fingerprint density at radius 3 is 3.05 bits per heavy atom. The summed E-state index contributed by atoms with van der Waals surface area (Å²) in [5, 5.41) is 3.18. The van der Waals surface area contributed by atoms with Crippen LogP contribution in [0, 0.1) is 5.82 Å². The Morgan fingerprint density at radius 1 is 1.60 bits per heavy atom. The van der Waals surface area contributed by atoms with Gasteiger partial charge in [0, 0.05) is 32.1 Å². The van der Waals surface area contributed by atoms with Crippen LogP contribution >= 0.6 is 0 Å². The molecule has 0 saturated heterocycles. The molecule has 0 saturated carbocycles. The van der Waals surface area contributed by atoms with Crippen LogP contribution in [0.4, 0.5) is 4.39 Å². The van der Waals surface area contributed by atoms with Crippen LogP contribution in [0.5, 0.6) is 5.75 Å². The minimum Gasteiger partial charge on any atom is -0.488 e. The van der Waals surface area contributed by atoms with Gasteiger partial charge in [-0.25, -0.2) is 4.39 Å². The van der Waals surface area contributed by atoms with Crippen molar-refractivity contribution in [3.63, 3.8) is 0 Å². The standard InChI is InChI=1S/C15H21FN2O2/c1-4-18(3)15(19)10(2)17-9-13-8-11-7-12(16)5-6-14(11)20-13/h5-7,10,13,17H,4,8-9H2,1-3H3. The molecule has 0 spiro atoms. The van der Waals surface area contributed by atoms with Gasteiger partial charge < -0.3 is 15.0 Å². The number of benzene rings is 1. The summed E-state index contributed by atoms with van der Waals surface area (Å²) in [4.78, 5) is 13.6. The monoisotopic (exact) mass is 280 g/mol. The first kappa shape index (κ1) is 14.8. The highest BCUT2D eigenvalue weighted by molar-refractivity contribution is 5.81. The maximum absolute atomic E-state index is 13.1. The van der Waals surface area contributed by atoms with Crippen molar-refractivity contribution < 1.29 is 13.9 Å². The predicted molar refractivity (Wildman–Crippen MR) is 75.3 cm³/mol. The molecule has 1 aliphatic rings. The SMILES string of the molecule is CCN(C)C(=O)C(C)NCC1Cc2cc(F)ccc2O1. The zero-order valence-electron chi connectivity index (χ0n) is 12.1. The highest BCUT2D eigenvalue weighted by Crippen LogP contribution is 2.28. The zero-order valence-corrected chi connectivity index (χ0v) is 12.1. The number of rotatable bonds is 5. The molecule has 1 amide bonds. The minimum absolute atomic E-state index is 0.0472. The van der Waals surface area contributed by atoms with Crippen molar-refractivity contribution in [2.75, 3.05) is 20.1 Å². The number of carbonyl (C=O) groups excluding carboxylic acids is 1. The van der Waals surface area contributed by atoms with Crippen molar-refractivity contribution in [1.82, 2.24) is 10.2 Å². The van der Waals surface area contributed by atoms with Crippen molar-refractivity contribution in [3.8, 4) is 5.75 Å². The third kappa shape index (κ3) is 3.28. The molecule has 2 unspecified atom stereocenters. The summed E-state index contributed by atoms with van der Waals surface area (Å²) in [5.41, 5.74) is 0.890. The molecule has 20 heavy (non-hydrogen) atoms. The van der Waals surface area contributed by atoms with Crippen LogP contribution in [0.25, 0.3) is 0 Å². The van der Waals surface area contributed by atoms with Crippen LogP contribution in [0.15, 0.2) is 18.2 Å². The van der Waals surface area contributed by atoms with E-state index in [0.29, 0.717) is 19.5 Å². The quantitative estimate of drug-likeness (QED) is 0.890. The molecule has 110 valence electrons. The molecule has 0 radical (unpaired) electrons. The van der Waals surface area contributed by atoms with Gasteiger partial charge in [-0.3, -0.25) is 4.79 Å². The Balaban J connectivity index is 1.84. The number of likely N-dealkylation sites (N-methyl/N-ethyl adjacent to an activating group) is 1. The van der Waals surface area contributed by atoms with Crippen LogP contribution in [0.3, 0.4) is 0 Å². The van der Waals surface area contributed by atoms with E-state index in [1.165, 1.54) is 12.1 Å². The molecule has 4 nitrogen and oxygen atoms in total. The van der Waals surface area contributed by atoms with E-state index in [4.69, 9.17) is 4.74 Å². The molecule has 2 atom stereocenters. The zero-order chi connectivity index (χ0) is 14.7. The smallest absolute Gasteiger partial charge is 0.239 e. The lowest BCUT2D eigenvalue weighted by Gasteiger charge is -2.22. The normalized spacial score (nSPS) is 18.3. The molecule has 1 aliphatic heterocycles. The number of nitrogens with zero attached hydrogens (tertiary/aromatic N) is 1. The summed E-state index contributed by atoms with van der Waals surface area (Å²) < 4.78 is 18.8. The van der Waals surface area contributed by atoms with Crippen molar-refractivity contribution in [2.45, 2.75) is 32.4 Å². The first-order valence-corrected chi connectivity index (χ1v) is 6.94. The molecule has 0 fully saturated rings. The minimum atomic E-state index is -0.246. The molecule has 2 rings (SSSR count). The molecule has 1 aromatic carbocycles. The fourth-order valence-electron chi connectivity index (χ4n) is 2.28. The number of carbonyl (C=O) groups is 1. The fourth-order valence-corrected chi connectivity index (χ4v) is 2.28. The first-order valence-electron chi connectivity index (χ1n) is 6.94. The summed E-state index contributed by atoms with van der Waals surface area (Å²) in [6, 6.07) is 4.32. The number of ether oxygens (including phenoxy) is 1. The second-order valence-electron chi connectivity index (χ2n) is 5.18. The van der Waals surface area contributed by atoms with E-state index in [9.17, 15) is 9.18 Å². The average Bonchev–Trinajstić information content (AvgIpc) is 2.84. The van der Waals surface area contributed by atoms with Gasteiger partial charge in [-0.05, 0) is 32.0 Å². The number of nitrogens with one attached hydrogen (secondary N) is 1. The van der Waals surface area contributed by atoms with Crippen molar-refractivity contribution in [1.29, 1.82) is 0 Å². The molecule has 0 bridgehead atoms. The third-order valence-corrected chi connectivity index (χ3v) is 3.64. The van der Waals surface area contributed by atoms with Crippen molar-refractivity contribution in [3.05, 3.63) is 29.6 Å². The van der Waals surface area contributed by atoms with Gasteiger partial charge in [-0.2, -0.15) is 0 Å². The molecule has 5 heteroatoms. The Kier molecular flexibility index (Phi) is 4.60. The van der Waals surface area contributed by atoms with Gasteiger partial charge in [0.15, 0.2) is 0 Å². The highest BCUT2D eigenvalue weighted by atomic mass is 19.1. The Morgan fingerprint density at radius 2 is 2.35 bits per heavy atom. The molecule has 0 aliphatic carbocycles.